The van der Waals surface area contributed by atoms with Crippen molar-refractivity contribution in [3.8, 4) is 39.9 Å². The summed E-state index contributed by atoms with van der Waals surface area (Å²) in [5, 5.41) is 45.9. The number of primary amides is 1. The van der Waals surface area contributed by atoms with Gasteiger partial charge in [-0.3, -0.25) is 14.9 Å². The monoisotopic (exact) mass is 532 g/mol. The molecule has 1 heterocycles. The second-order valence-electron chi connectivity index (χ2n) is 9.45. The summed E-state index contributed by atoms with van der Waals surface area (Å²) in [6.45, 7) is 1.38. The first kappa shape index (κ1) is 24.1. The third-order valence-electron chi connectivity index (χ3n) is 7.48. The lowest BCUT2D eigenvalue weighted by molar-refractivity contribution is 0.0339. The van der Waals surface area contributed by atoms with Gasteiger partial charge in [0.05, 0.1) is 23.8 Å². The zero-order valence-corrected chi connectivity index (χ0v) is 20.5. The maximum absolute atomic E-state index is 13.6. The fourth-order valence-corrected chi connectivity index (χ4v) is 5.73. The Labute approximate surface area is 219 Å². The minimum Gasteiger partial charge on any atom is -0.508 e. The number of carbonyl (C=O) groups is 4. The zero-order valence-electron chi connectivity index (χ0n) is 20.5. The van der Waals surface area contributed by atoms with Crippen LogP contribution in [0.3, 0.4) is 0 Å². The van der Waals surface area contributed by atoms with E-state index in [0.29, 0.717) is 11.1 Å². The second-order valence-corrected chi connectivity index (χ2v) is 9.45. The van der Waals surface area contributed by atoms with Gasteiger partial charge in [0.25, 0.3) is 0 Å². The van der Waals surface area contributed by atoms with E-state index in [1.807, 2.05) is 0 Å². The van der Waals surface area contributed by atoms with Crippen LogP contribution in [0.1, 0.15) is 70.7 Å². The van der Waals surface area contributed by atoms with Crippen LogP contribution >= 0.6 is 0 Å². The number of phenols is 4. The fraction of sp³-hybridized carbons (Fsp3) is 0.185. The summed E-state index contributed by atoms with van der Waals surface area (Å²) < 4.78 is 10.7. The van der Waals surface area contributed by atoms with E-state index in [2.05, 4.69) is 5.32 Å². The summed E-state index contributed by atoms with van der Waals surface area (Å²) >= 11 is 0. The number of hydrogen-bond donors (Lipinski definition) is 6. The van der Waals surface area contributed by atoms with Gasteiger partial charge in [-0.1, -0.05) is 0 Å². The minimum absolute atomic E-state index is 0.00298. The zero-order chi connectivity index (χ0) is 28.1. The highest BCUT2D eigenvalue weighted by Crippen LogP contribution is 2.55. The average molecular weight is 532 g/mol. The van der Waals surface area contributed by atoms with Crippen LogP contribution in [-0.4, -0.2) is 51.1 Å². The van der Waals surface area contributed by atoms with Gasteiger partial charge >= 0.3 is 12.0 Å². The first-order valence-electron chi connectivity index (χ1n) is 11.7. The van der Waals surface area contributed by atoms with Crippen LogP contribution in [0.15, 0.2) is 12.1 Å². The summed E-state index contributed by atoms with van der Waals surface area (Å²) in [4.78, 5) is 51.3. The number of fused-ring (bicyclic) bond motifs is 6. The summed E-state index contributed by atoms with van der Waals surface area (Å²) in [5.74, 6) is -4.81. The Morgan fingerprint density at radius 1 is 0.923 bits per heavy atom. The normalized spacial score (nSPS) is 16.5. The third-order valence-corrected chi connectivity index (χ3v) is 7.48. The molecule has 2 aliphatic carbocycles. The third kappa shape index (κ3) is 2.99. The van der Waals surface area contributed by atoms with Gasteiger partial charge in [0.2, 0.25) is 12.0 Å². The van der Waals surface area contributed by atoms with Crippen LogP contribution in [0.2, 0.25) is 0 Å². The summed E-state index contributed by atoms with van der Waals surface area (Å²) in [7, 11) is 1.28. The number of ketones is 2. The number of rotatable bonds is 2. The molecule has 39 heavy (non-hydrogen) atoms. The molecule has 0 spiro atoms. The number of aryl methyl sites for hydroxylation is 1. The molecule has 6 rings (SSSR count). The van der Waals surface area contributed by atoms with Crippen molar-refractivity contribution in [2.45, 2.75) is 26.0 Å². The molecule has 0 saturated carbocycles. The molecule has 1 aliphatic heterocycles. The molecule has 0 radical (unpaired) electrons. The average Bonchev–Trinajstić information content (AvgIpc) is 3.19. The Morgan fingerprint density at radius 3 is 2.28 bits per heavy atom. The predicted molar refractivity (Wildman–Crippen MR) is 131 cm³/mol. The molecule has 0 saturated heterocycles. The molecule has 3 aromatic rings. The maximum atomic E-state index is 13.6. The Morgan fingerprint density at radius 2 is 1.62 bits per heavy atom. The lowest BCUT2D eigenvalue weighted by Gasteiger charge is -2.30. The Kier molecular flexibility index (Phi) is 4.86. The Balaban J connectivity index is 1.65. The highest BCUT2D eigenvalue weighted by Gasteiger charge is 2.44. The highest BCUT2D eigenvalue weighted by atomic mass is 16.6. The van der Waals surface area contributed by atoms with E-state index in [1.165, 1.54) is 20.1 Å². The SMILES string of the molecule is COc1c2c(c(O)c3c1C(=O)c1c(cc(O)c(C)c1O)C3=O)-c1c(cc3c(c1O)C(=O)OC3NC(N)=O)CC2. The van der Waals surface area contributed by atoms with E-state index in [9.17, 15) is 39.6 Å². The van der Waals surface area contributed by atoms with Crippen LogP contribution in [-0.2, 0) is 17.6 Å². The fourth-order valence-electron chi connectivity index (χ4n) is 5.73. The van der Waals surface area contributed by atoms with E-state index in [4.69, 9.17) is 15.2 Å². The van der Waals surface area contributed by atoms with Crippen LogP contribution in [0.25, 0.3) is 11.1 Å². The number of methoxy groups -OCH3 is 1. The molecule has 198 valence electrons. The number of ether oxygens (including phenoxy) is 2. The van der Waals surface area contributed by atoms with E-state index in [-0.39, 0.29) is 63.1 Å². The van der Waals surface area contributed by atoms with Crippen molar-refractivity contribution >= 4 is 23.6 Å². The van der Waals surface area contributed by atoms with Crippen molar-refractivity contribution in [2.75, 3.05) is 7.11 Å². The predicted octanol–water partition coefficient (Wildman–Crippen LogP) is 2.20. The standard InChI is InChI=1S/C27H20N2O10/c1-7-12(30)6-10-15(19(7)31)23(35)18-17(20(10)32)22(34)14-9(24(18)38-2)4-3-8-5-11-16(21(33)13(8)14)26(36)39-25(11)29-27(28)37/h5-6,25,30-31,33-34H,3-4H2,1-2H3,(H3,28,29,37). The molecule has 3 aliphatic rings. The quantitative estimate of drug-likeness (QED) is 0.208. The number of benzene rings is 3. The number of esters is 1. The molecule has 12 nitrogen and oxygen atoms in total. The topological polar surface area (TPSA) is 206 Å². The largest absolute Gasteiger partial charge is 0.508 e. The van der Waals surface area contributed by atoms with Crippen LogP contribution in [0, 0.1) is 6.92 Å². The molecule has 0 aromatic heterocycles. The number of nitrogens with two attached hydrogens (primary N) is 1. The second kappa shape index (κ2) is 7.87. The van der Waals surface area contributed by atoms with Crippen LogP contribution in [0.5, 0.6) is 28.7 Å². The number of carbonyl (C=O) groups excluding carboxylic acids is 4. The van der Waals surface area contributed by atoms with Gasteiger partial charge in [-0.2, -0.15) is 0 Å². The van der Waals surface area contributed by atoms with E-state index in [1.54, 1.807) is 0 Å². The molecular weight excluding hydrogens is 512 g/mol. The lowest BCUT2D eigenvalue weighted by atomic mass is 9.75. The van der Waals surface area contributed by atoms with Gasteiger partial charge in [0.1, 0.15) is 34.3 Å². The van der Waals surface area contributed by atoms with Gasteiger partial charge in [-0.25, -0.2) is 9.59 Å². The van der Waals surface area contributed by atoms with Crippen LogP contribution in [0.4, 0.5) is 4.79 Å². The smallest absolute Gasteiger partial charge is 0.344 e. The molecule has 3 aromatic carbocycles. The minimum atomic E-state index is -1.23. The van der Waals surface area contributed by atoms with Crippen molar-refractivity contribution < 1.29 is 49.1 Å². The van der Waals surface area contributed by atoms with Crippen molar-refractivity contribution in [2.24, 2.45) is 5.73 Å². The molecular formula is C27H20N2O10. The summed E-state index contributed by atoms with van der Waals surface area (Å²) in [6, 6.07) is 1.62. The molecule has 0 bridgehead atoms. The number of aromatic hydroxyl groups is 4. The van der Waals surface area contributed by atoms with Gasteiger partial charge < -0.3 is 35.6 Å². The van der Waals surface area contributed by atoms with Gasteiger partial charge in [0.15, 0.2) is 5.78 Å². The van der Waals surface area contributed by atoms with Gasteiger partial charge in [-0.15, -0.1) is 0 Å². The number of urea groups is 1. The highest BCUT2D eigenvalue weighted by molar-refractivity contribution is 6.32. The van der Waals surface area contributed by atoms with E-state index < -0.39 is 58.4 Å². The number of phenolic OH excluding ortho intramolecular Hbond substituents is 4. The Hall–Kier alpha value is -5.26. The number of nitrogens with one attached hydrogen (secondary N) is 1. The van der Waals surface area contributed by atoms with Crippen LogP contribution < -0.4 is 15.8 Å². The number of hydrogen-bond acceptors (Lipinski definition) is 10. The number of amides is 2. The van der Waals surface area contributed by atoms with Gasteiger partial charge in [-0.05, 0) is 37.5 Å². The van der Waals surface area contributed by atoms with Crippen molar-refractivity contribution in [1.29, 1.82) is 0 Å². The maximum Gasteiger partial charge on any atom is 0.344 e. The number of cyclic esters (lactones) is 1. The van der Waals surface area contributed by atoms with Crippen molar-refractivity contribution in [3.05, 3.63) is 62.2 Å². The molecule has 12 heteroatoms. The van der Waals surface area contributed by atoms with E-state index >= 15 is 0 Å². The molecule has 0 fully saturated rings. The van der Waals surface area contributed by atoms with Gasteiger partial charge in [0, 0.05) is 33.4 Å². The Bertz CT molecular complexity index is 1740. The molecule has 1 atom stereocenters. The first-order valence-corrected chi connectivity index (χ1v) is 11.7. The lowest BCUT2D eigenvalue weighted by Crippen LogP contribution is -2.33. The molecule has 7 N–H and O–H groups in total. The summed E-state index contributed by atoms with van der Waals surface area (Å²) in [6.07, 6.45) is -0.775. The summed E-state index contributed by atoms with van der Waals surface area (Å²) in [5.41, 5.74) is 4.53. The van der Waals surface area contributed by atoms with Crippen molar-refractivity contribution in [3.63, 3.8) is 0 Å². The van der Waals surface area contributed by atoms with Crippen molar-refractivity contribution in [1.82, 2.24) is 5.32 Å². The molecule has 2 amide bonds. The first-order chi connectivity index (χ1) is 18.5. The molecule has 1 unspecified atom stereocenters. The van der Waals surface area contributed by atoms with E-state index in [0.717, 1.165) is 6.07 Å².